The number of likely N-dealkylation sites (N-methyl/N-ethyl adjacent to an activating group) is 1. The average Bonchev–Trinajstić information content (AvgIpc) is 2.44. The van der Waals surface area contributed by atoms with Crippen molar-refractivity contribution in [3.8, 4) is 0 Å². The molecule has 5 nitrogen and oxygen atoms in total. The number of rotatable bonds is 9. The normalized spacial score (nSPS) is 12.3. The summed E-state index contributed by atoms with van der Waals surface area (Å²) in [6.07, 6.45) is 0. The summed E-state index contributed by atoms with van der Waals surface area (Å²) in [5.41, 5.74) is 0.422. The summed E-state index contributed by atoms with van der Waals surface area (Å²) in [7, 11) is 1.81. The first-order valence-electron chi connectivity index (χ1n) is 8.81. The third kappa shape index (κ3) is 8.63. The van der Waals surface area contributed by atoms with Crippen LogP contribution in [0.2, 0.25) is 0 Å². The predicted molar refractivity (Wildman–Crippen MR) is 97.9 cm³/mol. The number of nitrogens with one attached hydrogen (secondary N) is 2. The number of hydrogen-bond donors (Lipinski definition) is 2. The molecular formula is C19H31FN3O2+. The molecule has 25 heavy (non-hydrogen) atoms. The van der Waals surface area contributed by atoms with Crippen molar-refractivity contribution in [1.29, 1.82) is 0 Å². The molecule has 0 fully saturated rings. The Morgan fingerprint density at radius 1 is 1.12 bits per heavy atom. The molecule has 0 aliphatic rings. The lowest BCUT2D eigenvalue weighted by molar-refractivity contribution is -0.862. The lowest BCUT2D eigenvalue weighted by Crippen LogP contribution is -3.11. The van der Waals surface area contributed by atoms with Gasteiger partial charge in [-0.3, -0.25) is 9.59 Å². The van der Waals surface area contributed by atoms with E-state index in [0.717, 1.165) is 18.0 Å². The maximum atomic E-state index is 13.1. The topological polar surface area (TPSA) is 53.9 Å². The second-order valence-electron chi connectivity index (χ2n) is 7.46. The Kier molecular flexibility index (Phi) is 8.55. The van der Waals surface area contributed by atoms with Gasteiger partial charge in [-0.25, -0.2) is 4.39 Å². The molecule has 2 N–H and O–H groups in total. The van der Waals surface area contributed by atoms with Gasteiger partial charge in [0.1, 0.15) is 5.82 Å². The fourth-order valence-electron chi connectivity index (χ4n) is 2.64. The second kappa shape index (κ2) is 10.1. The van der Waals surface area contributed by atoms with Crippen molar-refractivity contribution in [3.63, 3.8) is 0 Å². The van der Waals surface area contributed by atoms with Crippen LogP contribution in [0.1, 0.15) is 27.7 Å². The molecule has 0 aliphatic heterocycles. The van der Waals surface area contributed by atoms with Gasteiger partial charge >= 0.3 is 0 Å². The molecule has 6 heteroatoms. The van der Waals surface area contributed by atoms with E-state index in [2.05, 4.69) is 33.0 Å². The summed E-state index contributed by atoms with van der Waals surface area (Å²) < 4.78 is 13.1. The van der Waals surface area contributed by atoms with Crippen molar-refractivity contribution in [2.24, 2.45) is 11.8 Å². The molecule has 0 bridgehead atoms. The standard InChI is InChI=1S/C19H30FN3O2/c1-14(2)10-23(11-15(3)4)19(25)13-22(5)12-18(24)21-17-8-6-7-16(20)9-17/h6-9,14-15H,10-13H2,1-5H3,(H,21,24)/p+1. The van der Waals surface area contributed by atoms with Gasteiger partial charge in [0.25, 0.3) is 11.8 Å². The van der Waals surface area contributed by atoms with Gasteiger partial charge in [-0.15, -0.1) is 0 Å². The highest BCUT2D eigenvalue weighted by atomic mass is 19.1. The minimum atomic E-state index is -0.397. The number of halogens is 1. The highest BCUT2D eigenvalue weighted by molar-refractivity contribution is 5.91. The van der Waals surface area contributed by atoms with Crippen LogP contribution in [-0.4, -0.2) is 49.9 Å². The van der Waals surface area contributed by atoms with E-state index in [1.54, 1.807) is 12.1 Å². The minimum absolute atomic E-state index is 0.0541. The molecule has 1 aromatic carbocycles. The summed E-state index contributed by atoms with van der Waals surface area (Å²) in [6, 6.07) is 5.77. The summed E-state index contributed by atoms with van der Waals surface area (Å²) in [5.74, 6) is 0.221. The van der Waals surface area contributed by atoms with Gasteiger partial charge in [-0.05, 0) is 30.0 Å². The lowest BCUT2D eigenvalue weighted by atomic mass is 10.1. The SMILES string of the molecule is CC(C)CN(CC(C)C)C(=O)C[NH+](C)CC(=O)Nc1cccc(F)c1. The molecule has 0 spiro atoms. The Morgan fingerprint density at radius 3 is 2.24 bits per heavy atom. The largest absolute Gasteiger partial charge is 0.337 e. The predicted octanol–water partition coefficient (Wildman–Crippen LogP) is 1.42. The number of amides is 2. The first-order valence-corrected chi connectivity index (χ1v) is 8.81. The van der Waals surface area contributed by atoms with Crippen LogP contribution in [-0.2, 0) is 9.59 Å². The van der Waals surface area contributed by atoms with Crippen LogP contribution < -0.4 is 10.2 Å². The molecular weight excluding hydrogens is 321 g/mol. The second-order valence-corrected chi connectivity index (χ2v) is 7.46. The van der Waals surface area contributed by atoms with Crippen LogP contribution in [0.3, 0.4) is 0 Å². The van der Waals surface area contributed by atoms with E-state index < -0.39 is 5.82 Å². The maximum Gasteiger partial charge on any atom is 0.279 e. The fraction of sp³-hybridized carbons (Fsp3) is 0.579. The van der Waals surface area contributed by atoms with Gasteiger partial charge in [0.05, 0.1) is 7.05 Å². The zero-order chi connectivity index (χ0) is 19.0. The van der Waals surface area contributed by atoms with Gasteiger partial charge < -0.3 is 15.1 Å². The molecule has 0 heterocycles. The van der Waals surface area contributed by atoms with Crippen LogP contribution in [0.4, 0.5) is 10.1 Å². The van der Waals surface area contributed by atoms with Crippen molar-refractivity contribution in [2.75, 3.05) is 38.5 Å². The molecule has 0 saturated heterocycles. The first kappa shape index (κ1) is 21.1. The van der Waals surface area contributed by atoms with E-state index >= 15 is 0 Å². The first-order chi connectivity index (χ1) is 11.7. The van der Waals surface area contributed by atoms with Crippen molar-refractivity contribution >= 4 is 17.5 Å². The Balaban J connectivity index is 2.53. The molecule has 2 amide bonds. The van der Waals surface area contributed by atoms with E-state index in [4.69, 9.17) is 0 Å². The van der Waals surface area contributed by atoms with E-state index in [9.17, 15) is 14.0 Å². The van der Waals surface area contributed by atoms with E-state index in [0.29, 0.717) is 17.5 Å². The molecule has 0 radical (unpaired) electrons. The molecule has 0 saturated carbocycles. The molecule has 1 aromatic rings. The molecule has 0 aromatic heterocycles. The number of anilines is 1. The fourth-order valence-corrected chi connectivity index (χ4v) is 2.64. The van der Waals surface area contributed by atoms with Gasteiger partial charge in [0.2, 0.25) is 0 Å². The monoisotopic (exact) mass is 352 g/mol. The van der Waals surface area contributed by atoms with Crippen LogP contribution in [0.5, 0.6) is 0 Å². The summed E-state index contributed by atoms with van der Waals surface area (Å²) >= 11 is 0. The third-order valence-corrected chi connectivity index (χ3v) is 3.55. The Bertz CT molecular complexity index is 566. The van der Waals surface area contributed by atoms with Gasteiger partial charge in [0.15, 0.2) is 13.1 Å². The Morgan fingerprint density at radius 2 is 1.72 bits per heavy atom. The summed E-state index contributed by atoms with van der Waals surface area (Å²) in [5, 5.41) is 2.66. The van der Waals surface area contributed by atoms with Gasteiger partial charge in [0, 0.05) is 18.8 Å². The van der Waals surface area contributed by atoms with Gasteiger partial charge in [-0.1, -0.05) is 33.8 Å². The van der Waals surface area contributed by atoms with E-state index in [-0.39, 0.29) is 24.9 Å². The van der Waals surface area contributed by atoms with Crippen LogP contribution in [0.15, 0.2) is 24.3 Å². The van der Waals surface area contributed by atoms with E-state index in [1.165, 1.54) is 12.1 Å². The number of carbonyl (C=O) groups excluding carboxylic acids is 2. The molecule has 1 atom stereocenters. The number of quaternary nitrogens is 1. The maximum absolute atomic E-state index is 13.1. The van der Waals surface area contributed by atoms with Crippen LogP contribution >= 0.6 is 0 Å². The van der Waals surface area contributed by atoms with Crippen molar-refractivity contribution in [1.82, 2.24) is 4.90 Å². The van der Waals surface area contributed by atoms with Crippen LogP contribution in [0, 0.1) is 17.7 Å². The Labute approximate surface area is 150 Å². The average molecular weight is 352 g/mol. The lowest BCUT2D eigenvalue weighted by Gasteiger charge is -2.27. The number of benzene rings is 1. The molecule has 1 rings (SSSR count). The van der Waals surface area contributed by atoms with Crippen molar-refractivity contribution < 1.29 is 18.9 Å². The Hall–Kier alpha value is -1.95. The number of carbonyl (C=O) groups is 2. The summed E-state index contributed by atoms with van der Waals surface area (Å²) in [4.78, 5) is 27.3. The van der Waals surface area contributed by atoms with E-state index in [1.807, 2.05) is 11.9 Å². The molecule has 0 aliphatic carbocycles. The van der Waals surface area contributed by atoms with Crippen molar-refractivity contribution in [2.45, 2.75) is 27.7 Å². The molecule has 140 valence electrons. The molecule has 1 unspecified atom stereocenters. The zero-order valence-corrected chi connectivity index (χ0v) is 15.9. The van der Waals surface area contributed by atoms with Gasteiger partial charge in [-0.2, -0.15) is 0 Å². The minimum Gasteiger partial charge on any atom is -0.337 e. The smallest absolute Gasteiger partial charge is 0.279 e. The van der Waals surface area contributed by atoms with Crippen LogP contribution in [0.25, 0.3) is 0 Å². The summed E-state index contributed by atoms with van der Waals surface area (Å²) in [6.45, 7) is 10.2. The number of nitrogens with zero attached hydrogens (tertiary/aromatic N) is 1. The third-order valence-electron chi connectivity index (χ3n) is 3.55. The highest BCUT2D eigenvalue weighted by Crippen LogP contribution is 2.08. The quantitative estimate of drug-likeness (QED) is 0.706. The highest BCUT2D eigenvalue weighted by Gasteiger charge is 2.21. The zero-order valence-electron chi connectivity index (χ0n) is 15.9. The van der Waals surface area contributed by atoms with Crippen molar-refractivity contribution in [3.05, 3.63) is 30.1 Å². The number of hydrogen-bond acceptors (Lipinski definition) is 2.